The molecule has 0 atom stereocenters. The highest BCUT2D eigenvalue weighted by Crippen LogP contribution is 2.21. The number of hydrogen-bond acceptors (Lipinski definition) is 3. The van der Waals surface area contributed by atoms with E-state index in [1.807, 2.05) is 67.7 Å². The summed E-state index contributed by atoms with van der Waals surface area (Å²) in [6.07, 6.45) is 11.6. The van der Waals surface area contributed by atoms with Crippen LogP contribution in [0.1, 0.15) is 33.9 Å². The van der Waals surface area contributed by atoms with E-state index in [1.165, 1.54) is 0 Å². The van der Waals surface area contributed by atoms with Crippen LogP contribution in [0.15, 0.2) is 67.0 Å². The minimum Gasteiger partial charge on any atom is -0.355 e. The first-order valence-corrected chi connectivity index (χ1v) is 10.7. The van der Waals surface area contributed by atoms with Gasteiger partial charge in [-0.15, -0.1) is 0 Å². The van der Waals surface area contributed by atoms with E-state index in [1.54, 1.807) is 12.4 Å². The van der Waals surface area contributed by atoms with Gasteiger partial charge in [0.15, 0.2) is 0 Å². The predicted octanol–water partition coefficient (Wildman–Crippen LogP) is 5.46. The molecule has 5 heteroatoms. The maximum atomic E-state index is 4.78. The van der Waals surface area contributed by atoms with Crippen LogP contribution in [0.25, 0.3) is 46.4 Å². The maximum Gasteiger partial charge on any atom is 0.0658 e. The number of aromatic nitrogens is 5. The molecule has 8 bridgehead atoms. The highest BCUT2D eigenvalue weighted by atomic mass is 14.9. The molecule has 0 aromatic carbocycles. The van der Waals surface area contributed by atoms with Crippen molar-refractivity contribution >= 4 is 46.4 Å². The standard InChI is InChI=1S/C28H19N5/c1-33-27-13-20(5-4-19-3-2-12-29-18-19)28(33)17-26-11-9-24(32-26)15-22-7-6-21(30-22)14-23-8-10-25(16-27)31-23/h2-3,6-18,30H,1H3. The van der Waals surface area contributed by atoms with Crippen molar-refractivity contribution in [1.82, 2.24) is 24.5 Å². The smallest absolute Gasteiger partial charge is 0.0658 e. The van der Waals surface area contributed by atoms with Crippen LogP contribution >= 0.6 is 0 Å². The van der Waals surface area contributed by atoms with Crippen molar-refractivity contribution in [2.24, 2.45) is 7.05 Å². The van der Waals surface area contributed by atoms with Gasteiger partial charge in [-0.3, -0.25) is 4.98 Å². The van der Waals surface area contributed by atoms with Gasteiger partial charge in [0.25, 0.3) is 0 Å². The summed E-state index contributed by atoms with van der Waals surface area (Å²) < 4.78 is 2.13. The Labute approximate surface area is 190 Å². The average molecular weight is 425 g/mol. The molecule has 0 saturated heterocycles. The summed E-state index contributed by atoms with van der Waals surface area (Å²) in [6.45, 7) is 0. The fourth-order valence-electron chi connectivity index (χ4n) is 3.95. The molecule has 0 unspecified atom stereocenters. The number of fused-ring (bicyclic) bond motifs is 8. The molecule has 6 heterocycles. The van der Waals surface area contributed by atoms with E-state index in [2.05, 4.69) is 44.6 Å². The molecule has 4 aromatic rings. The van der Waals surface area contributed by atoms with Gasteiger partial charge in [0.05, 0.1) is 33.9 Å². The van der Waals surface area contributed by atoms with E-state index >= 15 is 0 Å². The maximum absolute atomic E-state index is 4.78. The van der Waals surface area contributed by atoms with Gasteiger partial charge >= 0.3 is 0 Å². The van der Waals surface area contributed by atoms with Crippen molar-refractivity contribution in [1.29, 1.82) is 0 Å². The van der Waals surface area contributed by atoms with E-state index < -0.39 is 0 Å². The second-order valence-corrected chi connectivity index (χ2v) is 7.95. The third kappa shape index (κ3) is 3.86. The Hall–Kier alpha value is -4.69. The van der Waals surface area contributed by atoms with Gasteiger partial charge in [0.2, 0.25) is 0 Å². The van der Waals surface area contributed by atoms with Gasteiger partial charge in [-0.05, 0) is 78.9 Å². The van der Waals surface area contributed by atoms with Crippen LogP contribution in [0.3, 0.4) is 0 Å². The largest absolute Gasteiger partial charge is 0.355 e. The molecule has 0 spiro atoms. The SMILES string of the molecule is Cn1c2cc3nc(cc4ccc(cc5nc(cc1c(C#Cc1cccnc1)c2)C=C5)[nH]4)C=C3. The Morgan fingerprint density at radius 2 is 1.42 bits per heavy atom. The van der Waals surface area contributed by atoms with Crippen molar-refractivity contribution < 1.29 is 0 Å². The van der Waals surface area contributed by atoms with Crippen molar-refractivity contribution in [2.75, 3.05) is 0 Å². The van der Waals surface area contributed by atoms with Gasteiger partial charge in [0, 0.05) is 41.6 Å². The summed E-state index contributed by atoms with van der Waals surface area (Å²) in [5, 5.41) is 0. The Balaban J connectivity index is 1.64. The minimum atomic E-state index is 0.877. The normalized spacial score (nSPS) is 11.9. The number of pyridine rings is 1. The van der Waals surface area contributed by atoms with E-state index in [9.17, 15) is 0 Å². The van der Waals surface area contributed by atoms with Crippen LogP contribution < -0.4 is 0 Å². The summed E-state index contributed by atoms with van der Waals surface area (Å²) in [4.78, 5) is 17.1. The molecule has 0 aliphatic carbocycles. The van der Waals surface area contributed by atoms with Crippen molar-refractivity contribution in [2.45, 2.75) is 0 Å². The molecule has 0 fully saturated rings. The molecule has 2 aliphatic heterocycles. The highest BCUT2D eigenvalue weighted by Gasteiger charge is 2.07. The van der Waals surface area contributed by atoms with Crippen molar-refractivity contribution in [3.05, 3.63) is 101 Å². The van der Waals surface area contributed by atoms with Crippen LogP contribution in [0.4, 0.5) is 0 Å². The number of aromatic amines is 1. The predicted molar refractivity (Wildman–Crippen MR) is 134 cm³/mol. The number of H-pyrrole nitrogens is 1. The zero-order valence-electron chi connectivity index (χ0n) is 17.9. The lowest BCUT2D eigenvalue weighted by Gasteiger charge is -1.96. The fourth-order valence-corrected chi connectivity index (χ4v) is 3.95. The zero-order chi connectivity index (χ0) is 22.2. The Kier molecular flexibility index (Phi) is 4.48. The Morgan fingerprint density at radius 3 is 2.09 bits per heavy atom. The van der Waals surface area contributed by atoms with Gasteiger partial charge in [-0.25, -0.2) is 9.97 Å². The third-order valence-electron chi connectivity index (χ3n) is 5.60. The molecule has 4 aromatic heterocycles. The van der Waals surface area contributed by atoms with Gasteiger partial charge < -0.3 is 9.55 Å². The molecule has 156 valence electrons. The first kappa shape index (κ1) is 19.0. The monoisotopic (exact) mass is 425 g/mol. The number of nitrogens with one attached hydrogen (secondary N) is 1. The van der Waals surface area contributed by atoms with E-state index in [0.29, 0.717) is 0 Å². The lowest BCUT2D eigenvalue weighted by Crippen LogP contribution is -1.87. The van der Waals surface area contributed by atoms with Crippen LogP contribution in [0, 0.1) is 11.8 Å². The number of rotatable bonds is 0. The third-order valence-corrected chi connectivity index (χ3v) is 5.60. The summed E-state index contributed by atoms with van der Waals surface area (Å²) in [5.41, 5.74) is 9.43. The van der Waals surface area contributed by atoms with Gasteiger partial charge in [0.1, 0.15) is 0 Å². The molecule has 0 radical (unpaired) electrons. The molecule has 0 saturated carbocycles. The Morgan fingerprint density at radius 1 is 0.758 bits per heavy atom. The summed E-state index contributed by atoms with van der Waals surface area (Å²) in [6, 6.07) is 18.3. The molecule has 5 nitrogen and oxygen atoms in total. The quantitative estimate of drug-likeness (QED) is 0.329. The summed E-state index contributed by atoms with van der Waals surface area (Å²) in [7, 11) is 2.04. The highest BCUT2D eigenvalue weighted by molar-refractivity contribution is 5.80. The van der Waals surface area contributed by atoms with Crippen LogP contribution in [0.2, 0.25) is 0 Å². The van der Waals surface area contributed by atoms with Crippen molar-refractivity contribution in [3.8, 4) is 11.8 Å². The number of aryl methyl sites for hydroxylation is 1. The van der Waals surface area contributed by atoms with Crippen LogP contribution in [-0.2, 0) is 7.05 Å². The number of nitrogens with zero attached hydrogens (tertiary/aromatic N) is 4. The van der Waals surface area contributed by atoms with Crippen LogP contribution in [0.5, 0.6) is 0 Å². The van der Waals surface area contributed by atoms with E-state index in [0.717, 1.165) is 56.0 Å². The second kappa shape index (κ2) is 7.77. The van der Waals surface area contributed by atoms with E-state index in [-0.39, 0.29) is 0 Å². The topological polar surface area (TPSA) is 59.4 Å². The lowest BCUT2D eigenvalue weighted by molar-refractivity contribution is 1.01. The summed E-state index contributed by atoms with van der Waals surface area (Å²) in [5.74, 6) is 6.55. The molecule has 33 heavy (non-hydrogen) atoms. The van der Waals surface area contributed by atoms with Gasteiger partial charge in [-0.1, -0.05) is 11.8 Å². The lowest BCUT2D eigenvalue weighted by atomic mass is 10.2. The zero-order valence-corrected chi connectivity index (χ0v) is 17.9. The molecule has 6 rings (SSSR count). The average Bonchev–Trinajstić information content (AvgIpc) is 3.60. The first-order valence-electron chi connectivity index (χ1n) is 10.7. The first-order chi connectivity index (χ1) is 16.2. The van der Waals surface area contributed by atoms with Crippen molar-refractivity contribution in [3.63, 3.8) is 0 Å². The Bertz CT molecular complexity index is 1670. The van der Waals surface area contributed by atoms with Gasteiger partial charge in [-0.2, -0.15) is 0 Å². The molecule has 1 N–H and O–H groups in total. The second-order valence-electron chi connectivity index (χ2n) is 7.95. The molecule has 0 amide bonds. The summed E-state index contributed by atoms with van der Waals surface area (Å²) >= 11 is 0. The molecular weight excluding hydrogens is 406 g/mol. The molecular formula is C28H19N5. The molecule has 2 aliphatic rings. The van der Waals surface area contributed by atoms with E-state index in [4.69, 9.17) is 9.97 Å². The van der Waals surface area contributed by atoms with Crippen LogP contribution in [-0.4, -0.2) is 24.5 Å². The fraction of sp³-hybridized carbons (Fsp3) is 0.0357. The number of hydrogen-bond donors (Lipinski definition) is 1. The minimum absolute atomic E-state index is 0.877.